The van der Waals surface area contributed by atoms with Crippen molar-refractivity contribution in [2.75, 3.05) is 0 Å². The largest absolute Gasteiger partial charge is 0.307 e. The molecule has 0 aliphatic heterocycles. The van der Waals surface area contributed by atoms with Crippen LogP contribution in [-0.4, -0.2) is 11.6 Å². The summed E-state index contributed by atoms with van der Waals surface area (Å²) >= 11 is 0. The SMILES string of the molecule is [C-]#[N+]C1=C[C@]2(C)CC(=O)CCC[C@H]2C(C)(C)C1=O. The van der Waals surface area contributed by atoms with E-state index in [0.29, 0.717) is 12.8 Å². The molecule has 0 aromatic heterocycles. The molecule has 18 heavy (non-hydrogen) atoms. The van der Waals surface area contributed by atoms with E-state index in [9.17, 15) is 9.59 Å². The van der Waals surface area contributed by atoms with Gasteiger partial charge in [0.15, 0.2) is 5.78 Å². The summed E-state index contributed by atoms with van der Waals surface area (Å²) in [4.78, 5) is 27.5. The Hall–Kier alpha value is -1.43. The van der Waals surface area contributed by atoms with Crippen LogP contribution in [0.4, 0.5) is 0 Å². The van der Waals surface area contributed by atoms with E-state index in [0.717, 1.165) is 12.8 Å². The van der Waals surface area contributed by atoms with Gasteiger partial charge in [0, 0.05) is 18.3 Å². The second-order valence-electron chi connectivity index (χ2n) is 6.36. The Labute approximate surface area is 108 Å². The van der Waals surface area contributed by atoms with Crippen LogP contribution in [0.2, 0.25) is 0 Å². The molecule has 0 saturated heterocycles. The van der Waals surface area contributed by atoms with Crippen molar-refractivity contribution in [1.29, 1.82) is 0 Å². The number of hydrogen-bond donors (Lipinski definition) is 0. The van der Waals surface area contributed by atoms with Crippen LogP contribution in [0.1, 0.15) is 46.5 Å². The van der Waals surface area contributed by atoms with Gasteiger partial charge < -0.3 is 4.79 Å². The van der Waals surface area contributed by atoms with Crippen molar-refractivity contribution in [1.82, 2.24) is 0 Å². The van der Waals surface area contributed by atoms with Crippen LogP contribution in [-0.2, 0) is 9.59 Å². The first-order valence-corrected chi connectivity index (χ1v) is 6.48. The van der Waals surface area contributed by atoms with Crippen molar-refractivity contribution < 1.29 is 9.59 Å². The molecule has 0 N–H and O–H groups in total. The van der Waals surface area contributed by atoms with E-state index in [4.69, 9.17) is 6.57 Å². The lowest BCUT2D eigenvalue weighted by atomic mass is 9.56. The third-order valence-electron chi connectivity index (χ3n) is 4.60. The Morgan fingerprint density at radius 3 is 2.61 bits per heavy atom. The van der Waals surface area contributed by atoms with Crippen molar-refractivity contribution in [2.45, 2.75) is 46.5 Å². The van der Waals surface area contributed by atoms with E-state index >= 15 is 0 Å². The van der Waals surface area contributed by atoms with Gasteiger partial charge in [-0.1, -0.05) is 26.8 Å². The smallest absolute Gasteiger partial charge is 0.226 e. The number of ketones is 2. The second kappa shape index (κ2) is 4.05. The molecule has 0 bridgehead atoms. The van der Waals surface area contributed by atoms with E-state index in [-0.39, 0.29) is 28.6 Å². The minimum atomic E-state index is -0.534. The zero-order valence-electron chi connectivity index (χ0n) is 11.2. The summed E-state index contributed by atoms with van der Waals surface area (Å²) in [7, 11) is 0. The third-order valence-corrected chi connectivity index (χ3v) is 4.60. The van der Waals surface area contributed by atoms with Gasteiger partial charge in [0.25, 0.3) is 0 Å². The lowest BCUT2D eigenvalue weighted by Gasteiger charge is -2.46. The number of fused-ring (bicyclic) bond motifs is 1. The molecule has 2 aliphatic rings. The zero-order chi connectivity index (χ0) is 13.6. The van der Waals surface area contributed by atoms with Crippen LogP contribution >= 0.6 is 0 Å². The molecule has 0 heterocycles. The van der Waals surface area contributed by atoms with Crippen LogP contribution in [0.25, 0.3) is 4.85 Å². The molecule has 0 unspecified atom stereocenters. The highest BCUT2D eigenvalue weighted by molar-refractivity contribution is 6.02. The van der Waals surface area contributed by atoms with Crippen molar-refractivity contribution in [2.24, 2.45) is 16.7 Å². The lowest BCUT2D eigenvalue weighted by molar-refractivity contribution is -0.131. The first-order chi connectivity index (χ1) is 8.31. The summed E-state index contributed by atoms with van der Waals surface area (Å²) in [5.74, 6) is 0.356. The number of rotatable bonds is 0. The average Bonchev–Trinajstić information content (AvgIpc) is 2.43. The molecule has 2 aliphatic carbocycles. The van der Waals surface area contributed by atoms with E-state index in [1.165, 1.54) is 0 Å². The molecular weight excluding hydrogens is 226 g/mol. The zero-order valence-corrected chi connectivity index (χ0v) is 11.2. The molecule has 2 rings (SSSR count). The standard InChI is InChI=1S/C15H19NO2/c1-14(2)12-7-5-6-10(17)8-15(12,3)9-11(16-4)13(14)18/h9,12H,5-8H2,1-3H3/t12-,15-/m0/s1. The van der Waals surface area contributed by atoms with Crippen molar-refractivity contribution in [3.05, 3.63) is 23.2 Å². The molecule has 1 fully saturated rings. The predicted octanol–water partition coefficient (Wildman–Crippen LogP) is 3.16. The number of carbonyl (C=O) groups excluding carboxylic acids is 2. The first-order valence-electron chi connectivity index (χ1n) is 6.48. The fourth-order valence-electron chi connectivity index (χ4n) is 3.76. The van der Waals surface area contributed by atoms with Gasteiger partial charge in [0.1, 0.15) is 5.78 Å². The predicted molar refractivity (Wildman–Crippen MR) is 68.5 cm³/mol. The van der Waals surface area contributed by atoms with Crippen LogP contribution in [0.5, 0.6) is 0 Å². The highest BCUT2D eigenvalue weighted by Crippen LogP contribution is 2.53. The number of carbonyl (C=O) groups is 2. The lowest BCUT2D eigenvalue weighted by Crippen LogP contribution is -2.46. The van der Waals surface area contributed by atoms with Gasteiger partial charge in [-0.2, -0.15) is 0 Å². The molecule has 0 aromatic carbocycles. The normalized spacial score (nSPS) is 35.2. The second-order valence-corrected chi connectivity index (χ2v) is 6.36. The Morgan fingerprint density at radius 2 is 2.00 bits per heavy atom. The number of hydrogen-bond acceptors (Lipinski definition) is 2. The highest BCUT2D eigenvalue weighted by atomic mass is 16.1. The fourth-order valence-corrected chi connectivity index (χ4v) is 3.76. The van der Waals surface area contributed by atoms with Gasteiger partial charge in [-0.05, 0) is 24.2 Å². The van der Waals surface area contributed by atoms with E-state index in [1.54, 1.807) is 6.08 Å². The Kier molecular flexibility index (Phi) is 2.93. The van der Waals surface area contributed by atoms with Gasteiger partial charge >= 0.3 is 0 Å². The highest BCUT2D eigenvalue weighted by Gasteiger charge is 2.52. The van der Waals surface area contributed by atoms with Gasteiger partial charge in [0.2, 0.25) is 5.70 Å². The van der Waals surface area contributed by atoms with Crippen molar-refractivity contribution >= 4 is 11.6 Å². The molecule has 2 atom stereocenters. The van der Waals surface area contributed by atoms with Crippen molar-refractivity contribution in [3.63, 3.8) is 0 Å². The third kappa shape index (κ3) is 1.80. The van der Waals surface area contributed by atoms with Crippen molar-refractivity contribution in [3.8, 4) is 0 Å². The maximum absolute atomic E-state index is 12.3. The summed E-state index contributed by atoms with van der Waals surface area (Å²) < 4.78 is 0. The Balaban J connectivity index is 2.56. The van der Waals surface area contributed by atoms with E-state index in [2.05, 4.69) is 4.85 Å². The summed E-state index contributed by atoms with van der Waals surface area (Å²) in [5.41, 5.74) is -0.646. The van der Waals surface area contributed by atoms with E-state index in [1.807, 2.05) is 20.8 Å². The van der Waals surface area contributed by atoms with Crippen LogP contribution in [0.15, 0.2) is 11.8 Å². The maximum atomic E-state index is 12.3. The van der Waals surface area contributed by atoms with Crippen LogP contribution in [0.3, 0.4) is 0 Å². The molecule has 0 spiro atoms. The summed E-state index contributed by atoms with van der Waals surface area (Å²) in [5, 5.41) is 0. The number of Topliss-reactive ketones (excluding diaryl/α,β-unsaturated/α-hetero) is 2. The summed E-state index contributed by atoms with van der Waals surface area (Å²) in [6, 6.07) is 0. The van der Waals surface area contributed by atoms with Gasteiger partial charge in [-0.15, -0.1) is 0 Å². The molecule has 3 heteroatoms. The molecule has 0 amide bonds. The summed E-state index contributed by atoms with van der Waals surface area (Å²) in [6.07, 6.45) is 4.59. The molecule has 0 aromatic rings. The quantitative estimate of drug-likeness (QED) is 0.615. The molecule has 96 valence electrons. The molecular formula is C15H19NO2. The maximum Gasteiger partial charge on any atom is 0.226 e. The minimum absolute atomic E-state index is 0.0608. The van der Waals surface area contributed by atoms with Crippen LogP contribution < -0.4 is 0 Å². The van der Waals surface area contributed by atoms with Gasteiger partial charge in [-0.3, -0.25) is 4.79 Å². The first kappa shape index (κ1) is 13.0. The number of nitrogens with zero attached hydrogens (tertiary/aromatic N) is 1. The fraction of sp³-hybridized carbons (Fsp3) is 0.667. The monoisotopic (exact) mass is 245 g/mol. The molecule has 1 saturated carbocycles. The number of allylic oxidation sites excluding steroid dienone is 2. The topological polar surface area (TPSA) is 38.5 Å². The molecule has 3 nitrogen and oxygen atoms in total. The minimum Gasteiger partial charge on any atom is -0.307 e. The average molecular weight is 245 g/mol. The Morgan fingerprint density at radius 1 is 1.33 bits per heavy atom. The summed E-state index contributed by atoms with van der Waals surface area (Å²) in [6.45, 7) is 13.0. The Bertz CT molecular complexity index is 481. The van der Waals surface area contributed by atoms with Crippen LogP contribution in [0, 0.1) is 23.3 Å². The van der Waals surface area contributed by atoms with Gasteiger partial charge in [0.05, 0.1) is 6.57 Å². The van der Waals surface area contributed by atoms with Gasteiger partial charge in [-0.25, -0.2) is 4.85 Å². The van der Waals surface area contributed by atoms with E-state index < -0.39 is 5.41 Å². The molecule has 0 radical (unpaired) electrons.